The molecule has 0 aliphatic heterocycles. The second-order valence-corrected chi connectivity index (χ2v) is 4.02. The van der Waals surface area contributed by atoms with Gasteiger partial charge in [-0.3, -0.25) is 4.79 Å². The molecule has 0 aliphatic carbocycles. The number of nitrogens with one attached hydrogen (secondary N) is 1. The number of carboxylic acids is 1. The molecule has 0 saturated carbocycles. The van der Waals surface area contributed by atoms with Crippen LogP contribution in [0.15, 0.2) is 22.7 Å². The third-order valence-corrected chi connectivity index (χ3v) is 2.61. The van der Waals surface area contributed by atoms with Crippen LogP contribution in [-0.4, -0.2) is 17.6 Å². The predicted molar refractivity (Wildman–Crippen MR) is 58.5 cm³/mol. The van der Waals surface area contributed by atoms with Crippen molar-refractivity contribution < 1.29 is 9.90 Å². The maximum Gasteiger partial charge on any atom is 0.317 e. The lowest BCUT2D eigenvalue weighted by Gasteiger charge is -2.05. The Kier molecular flexibility index (Phi) is 4.38. The van der Waals surface area contributed by atoms with Crippen molar-refractivity contribution in [1.82, 2.24) is 5.32 Å². The highest BCUT2D eigenvalue weighted by molar-refractivity contribution is 9.10. The van der Waals surface area contributed by atoms with Crippen molar-refractivity contribution in [2.24, 2.45) is 0 Å². The fourth-order valence-corrected chi connectivity index (χ4v) is 1.56. The Labute approximate surface area is 95.2 Å². The van der Waals surface area contributed by atoms with Crippen LogP contribution in [0.25, 0.3) is 0 Å². The van der Waals surface area contributed by atoms with Crippen molar-refractivity contribution in [1.29, 1.82) is 0 Å². The molecule has 0 aromatic heterocycles. The van der Waals surface area contributed by atoms with E-state index < -0.39 is 5.97 Å². The van der Waals surface area contributed by atoms with Crippen molar-refractivity contribution in [3.63, 3.8) is 0 Å². The zero-order chi connectivity index (χ0) is 10.6. The van der Waals surface area contributed by atoms with Crippen molar-refractivity contribution in [3.05, 3.63) is 33.3 Å². The van der Waals surface area contributed by atoms with Gasteiger partial charge in [0.15, 0.2) is 0 Å². The van der Waals surface area contributed by atoms with E-state index in [-0.39, 0.29) is 6.54 Å². The molecular formula is C9H9BrClNO2. The average molecular weight is 279 g/mol. The van der Waals surface area contributed by atoms with Gasteiger partial charge < -0.3 is 10.4 Å². The molecule has 76 valence electrons. The van der Waals surface area contributed by atoms with E-state index in [9.17, 15) is 4.79 Å². The van der Waals surface area contributed by atoms with Crippen LogP contribution >= 0.6 is 27.5 Å². The van der Waals surface area contributed by atoms with E-state index in [0.717, 1.165) is 10.0 Å². The summed E-state index contributed by atoms with van der Waals surface area (Å²) in [5.74, 6) is -0.872. The summed E-state index contributed by atoms with van der Waals surface area (Å²) in [6.07, 6.45) is 0. The molecule has 2 N–H and O–H groups in total. The molecule has 0 amide bonds. The van der Waals surface area contributed by atoms with Crippen molar-refractivity contribution >= 4 is 33.5 Å². The number of rotatable bonds is 4. The smallest absolute Gasteiger partial charge is 0.317 e. The molecule has 0 heterocycles. The van der Waals surface area contributed by atoms with E-state index in [2.05, 4.69) is 21.2 Å². The van der Waals surface area contributed by atoms with Gasteiger partial charge in [-0.2, -0.15) is 0 Å². The number of carboxylic acid groups (broad SMARTS) is 1. The monoisotopic (exact) mass is 277 g/mol. The van der Waals surface area contributed by atoms with E-state index >= 15 is 0 Å². The molecule has 0 fully saturated rings. The molecule has 1 rings (SSSR count). The number of hydrogen-bond acceptors (Lipinski definition) is 2. The standard InChI is InChI=1S/C9H9BrClNO2/c10-8-2-1-7(11)3-6(8)4-12-5-9(13)14/h1-3,12H,4-5H2,(H,13,14). The zero-order valence-corrected chi connectivity index (χ0v) is 9.60. The summed E-state index contributed by atoms with van der Waals surface area (Å²) in [6.45, 7) is 0.423. The third kappa shape index (κ3) is 3.65. The van der Waals surface area contributed by atoms with Gasteiger partial charge in [-0.05, 0) is 23.8 Å². The van der Waals surface area contributed by atoms with Gasteiger partial charge >= 0.3 is 5.97 Å². The lowest BCUT2D eigenvalue weighted by Crippen LogP contribution is -2.22. The number of carbonyl (C=O) groups is 1. The first-order valence-electron chi connectivity index (χ1n) is 3.96. The number of aliphatic carboxylic acids is 1. The molecule has 1 aromatic rings. The quantitative estimate of drug-likeness (QED) is 0.888. The summed E-state index contributed by atoms with van der Waals surface area (Å²) in [4.78, 5) is 10.2. The molecule has 1 aromatic carbocycles. The molecular weight excluding hydrogens is 269 g/mol. The Balaban J connectivity index is 2.57. The second-order valence-electron chi connectivity index (χ2n) is 2.73. The van der Waals surface area contributed by atoms with Gasteiger partial charge in [0.05, 0.1) is 6.54 Å². The van der Waals surface area contributed by atoms with Crippen LogP contribution < -0.4 is 5.32 Å². The SMILES string of the molecule is O=C(O)CNCc1cc(Cl)ccc1Br. The number of benzene rings is 1. The Morgan fingerprint density at radius 2 is 2.29 bits per heavy atom. The Morgan fingerprint density at radius 3 is 2.93 bits per heavy atom. The minimum atomic E-state index is -0.872. The lowest BCUT2D eigenvalue weighted by molar-refractivity contribution is -0.135. The third-order valence-electron chi connectivity index (χ3n) is 1.60. The Morgan fingerprint density at radius 1 is 1.57 bits per heavy atom. The fraction of sp³-hybridized carbons (Fsp3) is 0.222. The fourth-order valence-electron chi connectivity index (χ4n) is 0.983. The highest BCUT2D eigenvalue weighted by atomic mass is 79.9. The summed E-state index contributed by atoms with van der Waals surface area (Å²) in [6, 6.07) is 5.40. The summed E-state index contributed by atoms with van der Waals surface area (Å²) >= 11 is 9.14. The van der Waals surface area contributed by atoms with E-state index in [4.69, 9.17) is 16.7 Å². The van der Waals surface area contributed by atoms with E-state index in [1.54, 1.807) is 12.1 Å². The topological polar surface area (TPSA) is 49.3 Å². The van der Waals surface area contributed by atoms with Gasteiger partial charge in [0.2, 0.25) is 0 Å². The average Bonchev–Trinajstić information content (AvgIpc) is 2.10. The molecule has 0 atom stereocenters. The highest BCUT2D eigenvalue weighted by Crippen LogP contribution is 2.20. The molecule has 0 radical (unpaired) electrons. The van der Waals surface area contributed by atoms with Crippen molar-refractivity contribution in [3.8, 4) is 0 Å². The van der Waals surface area contributed by atoms with Gasteiger partial charge in [0, 0.05) is 16.0 Å². The van der Waals surface area contributed by atoms with Gasteiger partial charge in [-0.1, -0.05) is 27.5 Å². The van der Waals surface area contributed by atoms with Gasteiger partial charge in [0.1, 0.15) is 0 Å². The van der Waals surface area contributed by atoms with Crippen LogP contribution in [0, 0.1) is 0 Å². The molecule has 0 unspecified atom stereocenters. The van der Waals surface area contributed by atoms with Crippen LogP contribution in [-0.2, 0) is 11.3 Å². The molecule has 3 nitrogen and oxygen atoms in total. The van der Waals surface area contributed by atoms with Gasteiger partial charge in [0.25, 0.3) is 0 Å². The van der Waals surface area contributed by atoms with Crippen LogP contribution in [0.2, 0.25) is 5.02 Å². The summed E-state index contributed by atoms with van der Waals surface area (Å²) in [5, 5.41) is 11.8. The summed E-state index contributed by atoms with van der Waals surface area (Å²) in [7, 11) is 0. The lowest BCUT2D eigenvalue weighted by atomic mass is 10.2. The first-order chi connectivity index (χ1) is 6.59. The van der Waals surface area contributed by atoms with E-state index in [1.807, 2.05) is 6.07 Å². The molecule has 14 heavy (non-hydrogen) atoms. The van der Waals surface area contributed by atoms with Crippen molar-refractivity contribution in [2.45, 2.75) is 6.54 Å². The van der Waals surface area contributed by atoms with Crippen molar-refractivity contribution in [2.75, 3.05) is 6.54 Å². The minimum Gasteiger partial charge on any atom is -0.480 e. The summed E-state index contributed by atoms with van der Waals surface area (Å²) < 4.78 is 0.916. The van der Waals surface area contributed by atoms with Gasteiger partial charge in [-0.25, -0.2) is 0 Å². The highest BCUT2D eigenvalue weighted by Gasteiger charge is 2.01. The second kappa shape index (κ2) is 5.34. The number of hydrogen-bond donors (Lipinski definition) is 2. The van der Waals surface area contributed by atoms with Crippen LogP contribution in [0.1, 0.15) is 5.56 Å². The number of halogens is 2. The molecule has 0 bridgehead atoms. The molecule has 0 saturated heterocycles. The predicted octanol–water partition coefficient (Wildman–Crippen LogP) is 2.28. The summed E-state index contributed by atoms with van der Waals surface area (Å²) in [5.41, 5.74) is 0.943. The minimum absolute atomic E-state index is 0.0566. The molecule has 5 heteroatoms. The first-order valence-corrected chi connectivity index (χ1v) is 5.13. The molecule has 0 spiro atoms. The van der Waals surface area contributed by atoms with E-state index in [0.29, 0.717) is 11.6 Å². The Bertz CT molecular complexity index is 344. The molecule has 0 aliphatic rings. The normalized spacial score (nSPS) is 10.1. The largest absolute Gasteiger partial charge is 0.480 e. The van der Waals surface area contributed by atoms with Crippen LogP contribution in [0.4, 0.5) is 0 Å². The maximum atomic E-state index is 10.2. The van der Waals surface area contributed by atoms with Crippen LogP contribution in [0.5, 0.6) is 0 Å². The Hall–Kier alpha value is -0.580. The first kappa shape index (κ1) is 11.5. The van der Waals surface area contributed by atoms with Crippen LogP contribution in [0.3, 0.4) is 0 Å². The van der Waals surface area contributed by atoms with E-state index in [1.165, 1.54) is 0 Å². The van der Waals surface area contributed by atoms with Gasteiger partial charge in [-0.15, -0.1) is 0 Å². The maximum absolute atomic E-state index is 10.2. The zero-order valence-electron chi connectivity index (χ0n) is 7.26.